The quantitative estimate of drug-likeness (QED) is 0.434. The third-order valence-corrected chi connectivity index (χ3v) is 5.54. The zero-order chi connectivity index (χ0) is 22.5. The van der Waals surface area contributed by atoms with Gasteiger partial charge in [0.25, 0.3) is 5.91 Å². The molecule has 1 aromatic heterocycles. The number of hydrogen-bond acceptors (Lipinski definition) is 3. The van der Waals surface area contributed by atoms with Gasteiger partial charge < -0.3 is 14.6 Å². The number of rotatable bonds is 8. The zero-order valence-corrected chi connectivity index (χ0v) is 18.3. The molecule has 0 fully saturated rings. The van der Waals surface area contributed by atoms with Crippen LogP contribution in [0.1, 0.15) is 27.3 Å². The fourth-order valence-corrected chi connectivity index (χ4v) is 3.62. The number of ether oxygens (including phenoxy) is 1. The summed E-state index contributed by atoms with van der Waals surface area (Å²) in [6.07, 6.45) is 0.575. The van der Waals surface area contributed by atoms with Gasteiger partial charge in [-0.25, -0.2) is 9.37 Å². The number of aromatic nitrogens is 2. The molecule has 0 spiro atoms. The van der Waals surface area contributed by atoms with E-state index in [1.807, 2.05) is 36.4 Å². The Morgan fingerprint density at radius 3 is 2.59 bits per heavy atom. The lowest BCUT2D eigenvalue weighted by atomic mass is 10.1. The lowest BCUT2D eigenvalue weighted by molar-refractivity contribution is 0.0954. The van der Waals surface area contributed by atoms with Gasteiger partial charge in [-0.1, -0.05) is 18.2 Å². The number of nitrogens with one attached hydrogen (secondary N) is 1. The summed E-state index contributed by atoms with van der Waals surface area (Å²) in [7, 11) is 0. The minimum Gasteiger partial charge on any atom is -0.492 e. The number of para-hydroxylation sites is 2. The maximum absolute atomic E-state index is 13.1. The van der Waals surface area contributed by atoms with Crippen molar-refractivity contribution in [3.05, 3.63) is 95.1 Å². The smallest absolute Gasteiger partial charge is 0.251 e. The van der Waals surface area contributed by atoms with Crippen molar-refractivity contribution in [1.29, 1.82) is 0 Å². The molecule has 4 aromatic rings. The highest BCUT2D eigenvalue weighted by Gasteiger charge is 2.12. The predicted octanol–water partition coefficient (Wildman–Crippen LogP) is 4.84. The first-order chi connectivity index (χ1) is 15.5. The molecule has 0 saturated carbocycles. The summed E-state index contributed by atoms with van der Waals surface area (Å²) in [5.74, 6) is 1.14. The second-order valence-corrected chi connectivity index (χ2v) is 7.78. The fourth-order valence-electron chi connectivity index (χ4n) is 3.62. The Morgan fingerprint density at radius 2 is 1.81 bits per heavy atom. The van der Waals surface area contributed by atoms with E-state index >= 15 is 0 Å². The van der Waals surface area contributed by atoms with Gasteiger partial charge in [-0.2, -0.15) is 0 Å². The topological polar surface area (TPSA) is 56.1 Å². The van der Waals surface area contributed by atoms with E-state index in [-0.39, 0.29) is 11.7 Å². The highest BCUT2D eigenvalue weighted by atomic mass is 19.1. The van der Waals surface area contributed by atoms with Crippen molar-refractivity contribution >= 4 is 16.9 Å². The maximum atomic E-state index is 13.1. The standard InChI is InChI=1S/C26H26FN3O2/c1-18-7-12-22(17-19(18)2)32-16-15-30-24-6-4-3-5-23(24)29-25(30)13-14-28-26(31)20-8-10-21(27)11-9-20/h3-12,17H,13-16H2,1-2H3,(H,28,31). The fraction of sp³-hybridized carbons (Fsp3) is 0.231. The Bertz CT molecular complexity index is 1230. The molecular formula is C26H26FN3O2. The number of carbonyl (C=O) groups excluding carboxylic acids is 1. The van der Waals surface area contributed by atoms with E-state index in [4.69, 9.17) is 9.72 Å². The molecule has 164 valence electrons. The Balaban J connectivity index is 1.42. The van der Waals surface area contributed by atoms with Gasteiger partial charge in [0.15, 0.2) is 0 Å². The van der Waals surface area contributed by atoms with Gasteiger partial charge in [0.2, 0.25) is 0 Å². The van der Waals surface area contributed by atoms with E-state index in [1.165, 1.54) is 35.4 Å². The summed E-state index contributed by atoms with van der Waals surface area (Å²) in [5.41, 5.74) is 4.83. The third-order valence-electron chi connectivity index (χ3n) is 5.54. The number of hydrogen-bond donors (Lipinski definition) is 1. The number of halogens is 1. The molecule has 0 saturated heterocycles. The average Bonchev–Trinajstić information content (AvgIpc) is 3.14. The van der Waals surface area contributed by atoms with Gasteiger partial charge >= 0.3 is 0 Å². The first-order valence-corrected chi connectivity index (χ1v) is 10.7. The van der Waals surface area contributed by atoms with Crippen LogP contribution in [0.2, 0.25) is 0 Å². The van der Waals surface area contributed by atoms with E-state index in [0.29, 0.717) is 31.7 Å². The van der Waals surface area contributed by atoms with Gasteiger partial charge in [0, 0.05) is 18.5 Å². The second kappa shape index (κ2) is 9.64. The molecule has 0 radical (unpaired) electrons. The molecule has 0 aliphatic heterocycles. The van der Waals surface area contributed by atoms with Crippen LogP contribution < -0.4 is 10.1 Å². The summed E-state index contributed by atoms with van der Waals surface area (Å²) < 4.78 is 21.2. The molecule has 4 rings (SSSR count). The highest BCUT2D eigenvalue weighted by Crippen LogP contribution is 2.19. The third kappa shape index (κ3) is 4.97. The van der Waals surface area contributed by atoms with Crippen molar-refractivity contribution in [2.24, 2.45) is 0 Å². The lowest BCUT2D eigenvalue weighted by Gasteiger charge is -2.12. The van der Waals surface area contributed by atoms with E-state index in [2.05, 4.69) is 29.8 Å². The van der Waals surface area contributed by atoms with Crippen molar-refractivity contribution in [3.63, 3.8) is 0 Å². The van der Waals surface area contributed by atoms with Crippen LogP contribution in [0, 0.1) is 19.7 Å². The van der Waals surface area contributed by atoms with Crippen LogP contribution in [0.15, 0.2) is 66.7 Å². The van der Waals surface area contributed by atoms with Crippen molar-refractivity contribution in [3.8, 4) is 5.75 Å². The number of fused-ring (bicyclic) bond motifs is 1. The van der Waals surface area contributed by atoms with E-state index < -0.39 is 0 Å². The summed E-state index contributed by atoms with van der Waals surface area (Å²) in [6, 6.07) is 19.6. The minimum atomic E-state index is -0.363. The summed E-state index contributed by atoms with van der Waals surface area (Å²) >= 11 is 0. The van der Waals surface area contributed by atoms with E-state index in [0.717, 1.165) is 22.6 Å². The zero-order valence-electron chi connectivity index (χ0n) is 18.3. The molecular weight excluding hydrogens is 405 g/mol. The van der Waals surface area contributed by atoms with Crippen LogP contribution in [0.25, 0.3) is 11.0 Å². The first-order valence-electron chi connectivity index (χ1n) is 10.7. The maximum Gasteiger partial charge on any atom is 0.251 e. The van der Waals surface area contributed by atoms with Crippen LogP contribution in [0.5, 0.6) is 5.75 Å². The van der Waals surface area contributed by atoms with Crippen LogP contribution in [-0.4, -0.2) is 28.6 Å². The Morgan fingerprint density at radius 1 is 1.03 bits per heavy atom. The molecule has 5 nitrogen and oxygen atoms in total. The van der Waals surface area contributed by atoms with E-state index in [1.54, 1.807) is 0 Å². The number of aryl methyl sites for hydroxylation is 2. The minimum absolute atomic E-state index is 0.231. The Labute approximate surface area is 186 Å². The number of amides is 1. The molecule has 0 unspecified atom stereocenters. The van der Waals surface area contributed by atoms with Gasteiger partial charge in [0.05, 0.1) is 17.6 Å². The molecule has 1 N–H and O–H groups in total. The van der Waals surface area contributed by atoms with Crippen LogP contribution >= 0.6 is 0 Å². The van der Waals surface area contributed by atoms with Gasteiger partial charge in [-0.3, -0.25) is 4.79 Å². The molecule has 0 aliphatic rings. The van der Waals surface area contributed by atoms with Crippen LogP contribution in [-0.2, 0) is 13.0 Å². The van der Waals surface area contributed by atoms with Crippen LogP contribution in [0.3, 0.4) is 0 Å². The van der Waals surface area contributed by atoms with Gasteiger partial charge in [-0.05, 0) is 73.5 Å². The Hall–Kier alpha value is -3.67. The molecule has 1 amide bonds. The number of imidazole rings is 1. The number of nitrogens with zero attached hydrogens (tertiary/aromatic N) is 2. The molecule has 0 aliphatic carbocycles. The van der Waals surface area contributed by atoms with Crippen molar-refractivity contribution in [2.75, 3.05) is 13.2 Å². The number of benzene rings is 3. The first kappa shape index (κ1) is 21.6. The Kier molecular flexibility index (Phi) is 6.50. The SMILES string of the molecule is Cc1ccc(OCCn2c(CCNC(=O)c3ccc(F)cc3)nc3ccccc32)cc1C. The molecule has 32 heavy (non-hydrogen) atoms. The summed E-state index contributed by atoms with van der Waals surface area (Å²) in [5, 5.41) is 2.89. The van der Waals surface area contributed by atoms with E-state index in [9.17, 15) is 9.18 Å². The predicted molar refractivity (Wildman–Crippen MR) is 124 cm³/mol. The normalized spacial score (nSPS) is 11.0. The molecule has 3 aromatic carbocycles. The lowest BCUT2D eigenvalue weighted by Crippen LogP contribution is -2.26. The van der Waals surface area contributed by atoms with Gasteiger partial charge in [-0.15, -0.1) is 0 Å². The second-order valence-electron chi connectivity index (χ2n) is 7.78. The van der Waals surface area contributed by atoms with Crippen molar-refractivity contribution in [2.45, 2.75) is 26.8 Å². The summed E-state index contributed by atoms with van der Waals surface area (Å²) in [4.78, 5) is 17.1. The number of carbonyl (C=O) groups is 1. The van der Waals surface area contributed by atoms with Crippen LogP contribution in [0.4, 0.5) is 4.39 Å². The van der Waals surface area contributed by atoms with Crippen molar-refractivity contribution in [1.82, 2.24) is 14.9 Å². The van der Waals surface area contributed by atoms with Gasteiger partial charge in [0.1, 0.15) is 24.0 Å². The molecule has 6 heteroatoms. The van der Waals surface area contributed by atoms with Crippen molar-refractivity contribution < 1.29 is 13.9 Å². The average molecular weight is 432 g/mol. The molecule has 0 atom stereocenters. The highest BCUT2D eigenvalue weighted by molar-refractivity contribution is 5.94. The molecule has 0 bridgehead atoms. The monoisotopic (exact) mass is 431 g/mol. The summed E-state index contributed by atoms with van der Waals surface area (Å²) in [6.45, 7) is 5.74. The molecule has 1 heterocycles. The largest absolute Gasteiger partial charge is 0.492 e.